The molecule has 0 aliphatic heterocycles. The highest BCUT2D eigenvalue weighted by Gasteiger charge is 2.29. The van der Waals surface area contributed by atoms with Gasteiger partial charge in [-0.25, -0.2) is 4.79 Å². The number of hydrogen-bond acceptors (Lipinski definition) is 4. The molecule has 0 aromatic heterocycles. The van der Waals surface area contributed by atoms with Gasteiger partial charge in [-0.1, -0.05) is 30.3 Å². The lowest BCUT2D eigenvalue weighted by Gasteiger charge is -2.21. The second-order valence-electron chi connectivity index (χ2n) is 5.39. The molecule has 1 aromatic carbocycles. The van der Waals surface area contributed by atoms with Crippen molar-refractivity contribution in [1.82, 2.24) is 10.6 Å². The third-order valence-electron chi connectivity index (χ3n) is 2.99. The van der Waals surface area contributed by atoms with Crippen molar-refractivity contribution < 1.29 is 19.1 Å². The van der Waals surface area contributed by atoms with Gasteiger partial charge in [-0.3, -0.25) is 9.59 Å². The van der Waals surface area contributed by atoms with E-state index in [1.165, 1.54) is 20.3 Å². The first-order valence-electron chi connectivity index (χ1n) is 7.23. The van der Waals surface area contributed by atoms with Gasteiger partial charge < -0.3 is 21.1 Å². The zero-order valence-electron chi connectivity index (χ0n) is 13.3. The molecule has 1 rings (SSSR count). The molecule has 0 spiro atoms. The minimum absolute atomic E-state index is 0.215. The van der Waals surface area contributed by atoms with Crippen LogP contribution in [-0.4, -0.2) is 30.1 Å². The Morgan fingerprint density at radius 2 is 1.83 bits per heavy atom. The van der Waals surface area contributed by atoms with Crippen molar-refractivity contribution in [2.45, 2.75) is 32.4 Å². The van der Waals surface area contributed by atoms with Gasteiger partial charge in [-0.05, 0) is 25.8 Å². The monoisotopic (exact) mass is 320 g/mol. The summed E-state index contributed by atoms with van der Waals surface area (Å²) in [6, 6.07) is 9.53. The van der Waals surface area contributed by atoms with Crippen LogP contribution in [-0.2, 0) is 20.9 Å². The van der Waals surface area contributed by atoms with Crippen LogP contribution in [0.15, 0.2) is 30.3 Å². The summed E-state index contributed by atoms with van der Waals surface area (Å²) >= 11 is 0. The Labute approximate surface area is 135 Å². The van der Waals surface area contributed by atoms with Crippen LogP contribution < -0.4 is 16.4 Å². The Balaban J connectivity index is 2.15. The van der Waals surface area contributed by atoms with Crippen molar-refractivity contribution in [3.63, 3.8) is 0 Å². The molecule has 3 amide bonds. The van der Waals surface area contributed by atoms with Gasteiger partial charge in [0.15, 0.2) is 5.60 Å². The average Bonchev–Trinajstić information content (AvgIpc) is 2.50. The number of rotatable bonds is 8. The maximum absolute atomic E-state index is 11.6. The third-order valence-corrected chi connectivity index (χ3v) is 2.99. The number of alkyl carbamates (subject to hydrolysis) is 1. The van der Waals surface area contributed by atoms with Crippen LogP contribution in [0.3, 0.4) is 0 Å². The Bertz CT molecular complexity index is 544. The molecule has 23 heavy (non-hydrogen) atoms. The SMILES string of the molecule is CC(C)(OC(=O)NCC[CH]C(=O)NCc1ccccc1)C(N)=O. The van der Waals surface area contributed by atoms with Gasteiger partial charge >= 0.3 is 6.09 Å². The first kappa shape index (κ1) is 18.5. The minimum Gasteiger partial charge on any atom is -0.433 e. The quantitative estimate of drug-likeness (QED) is 0.618. The third kappa shape index (κ3) is 7.30. The first-order chi connectivity index (χ1) is 10.8. The van der Waals surface area contributed by atoms with E-state index >= 15 is 0 Å². The lowest BCUT2D eigenvalue weighted by atomic mass is 10.1. The van der Waals surface area contributed by atoms with E-state index < -0.39 is 17.6 Å². The number of carbonyl (C=O) groups is 3. The van der Waals surface area contributed by atoms with E-state index in [9.17, 15) is 14.4 Å². The Kier molecular flexibility index (Phi) is 7.05. The predicted octanol–water partition coefficient (Wildman–Crippen LogP) is 0.887. The summed E-state index contributed by atoms with van der Waals surface area (Å²) in [7, 11) is 0. The van der Waals surface area contributed by atoms with Crippen molar-refractivity contribution in [3.05, 3.63) is 42.3 Å². The van der Waals surface area contributed by atoms with Crippen molar-refractivity contribution in [1.29, 1.82) is 0 Å². The van der Waals surface area contributed by atoms with E-state index in [1.807, 2.05) is 30.3 Å². The second-order valence-corrected chi connectivity index (χ2v) is 5.39. The van der Waals surface area contributed by atoms with Crippen molar-refractivity contribution in [2.75, 3.05) is 6.54 Å². The molecule has 0 unspecified atom stereocenters. The van der Waals surface area contributed by atoms with Gasteiger partial charge in [0.25, 0.3) is 5.91 Å². The normalized spacial score (nSPS) is 10.7. The summed E-state index contributed by atoms with van der Waals surface area (Å²) in [4.78, 5) is 34.1. The molecule has 0 aliphatic carbocycles. The van der Waals surface area contributed by atoms with Crippen LogP contribution in [0.25, 0.3) is 0 Å². The molecule has 0 fully saturated rings. The van der Waals surface area contributed by atoms with Gasteiger partial charge in [0.2, 0.25) is 5.91 Å². The molecular formula is C16H22N3O4. The average molecular weight is 320 g/mol. The number of carbonyl (C=O) groups excluding carboxylic acids is 3. The summed E-state index contributed by atoms with van der Waals surface area (Å²) in [5.41, 5.74) is 4.72. The molecule has 0 bridgehead atoms. The Morgan fingerprint density at radius 3 is 2.43 bits per heavy atom. The van der Waals surface area contributed by atoms with Crippen LogP contribution in [0, 0.1) is 6.42 Å². The van der Waals surface area contributed by atoms with E-state index in [1.54, 1.807) is 0 Å². The van der Waals surface area contributed by atoms with Gasteiger partial charge in [0.05, 0.1) is 6.42 Å². The summed E-state index contributed by atoms with van der Waals surface area (Å²) in [5, 5.41) is 5.18. The van der Waals surface area contributed by atoms with Crippen LogP contribution in [0.1, 0.15) is 25.8 Å². The highest BCUT2D eigenvalue weighted by atomic mass is 16.6. The molecule has 0 heterocycles. The maximum Gasteiger partial charge on any atom is 0.408 e. The highest BCUT2D eigenvalue weighted by Crippen LogP contribution is 2.07. The van der Waals surface area contributed by atoms with Crippen LogP contribution in [0.2, 0.25) is 0 Å². The van der Waals surface area contributed by atoms with E-state index in [4.69, 9.17) is 10.5 Å². The molecule has 1 aromatic rings. The zero-order valence-corrected chi connectivity index (χ0v) is 13.3. The molecule has 4 N–H and O–H groups in total. The van der Waals surface area contributed by atoms with Gasteiger partial charge in [0, 0.05) is 13.1 Å². The van der Waals surface area contributed by atoms with Crippen LogP contribution >= 0.6 is 0 Å². The number of primary amides is 1. The fourth-order valence-electron chi connectivity index (χ4n) is 1.55. The molecule has 7 heteroatoms. The van der Waals surface area contributed by atoms with Gasteiger partial charge in [0.1, 0.15) is 0 Å². The maximum atomic E-state index is 11.6. The fraction of sp³-hybridized carbons (Fsp3) is 0.375. The lowest BCUT2D eigenvalue weighted by Crippen LogP contribution is -2.44. The molecule has 125 valence electrons. The van der Waals surface area contributed by atoms with E-state index in [-0.39, 0.29) is 12.5 Å². The lowest BCUT2D eigenvalue weighted by molar-refractivity contribution is -0.133. The number of nitrogens with two attached hydrogens (primary N) is 1. The molecule has 7 nitrogen and oxygen atoms in total. The Hall–Kier alpha value is -2.57. The van der Waals surface area contributed by atoms with Crippen molar-refractivity contribution in [3.8, 4) is 0 Å². The molecule has 0 saturated carbocycles. The topological polar surface area (TPSA) is 111 Å². The van der Waals surface area contributed by atoms with E-state index in [0.29, 0.717) is 13.0 Å². The molecular weight excluding hydrogens is 298 g/mol. The summed E-state index contributed by atoms with van der Waals surface area (Å²) in [6.45, 7) is 3.46. The van der Waals surface area contributed by atoms with Crippen LogP contribution in [0.5, 0.6) is 0 Å². The number of amides is 3. The molecule has 1 radical (unpaired) electrons. The van der Waals surface area contributed by atoms with Gasteiger partial charge in [-0.2, -0.15) is 0 Å². The van der Waals surface area contributed by atoms with Crippen molar-refractivity contribution >= 4 is 17.9 Å². The molecule has 0 atom stereocenters. The van der Waals surface area contributed by atoms with Crippen molar-refractivity contribution in [2.24, 2.45) is 5.73 Å². The predicted molar refractivity (Wildman–Crippen MR) is 85.0 cm³/mol. The van der Waals surface area contributed by atoms with E-state index in [2.05, 4.69) is 10.6 Å². The largest absolute Gasteiger partial charge is 0.433 e. The first-order valence-corrected chi connectivity index (χ1v) is 7.23. The Morgan fingerprint density at radius 1 is 1.17 bits per heavy atom. The van der Waals surface area contributed by atoms with Crippen LogP contribution in [0.4, 0.5) is 4.79 Å². The zero-order chi connectivity index (χ0) is 17.3. The van der Waals surface area contributed by atoms with Gasteiger partial charge in [-0.15, -0.1) is 0 Å². The fourth-order valence-corrected chi connectivity index (χ4v) is 1.55. The second kappa shape index (κ2) is 8.77. The standard InChI is InChI=1S/C16H22N3O4/c1-16(2,14(17)21)23-15(22)18-10-6-9-13(20)19-11-12-7-4-3-5-8-12/h3-5,7-9H,6,10-11H2,1-2H3,(H2,17,21)(H,18,22)(H,19,20). The minimum atomic E-state index is -1.37. The molecule has 0 saturated heterocycles. The summed E-state index contributed by atoms with van der Waals surface area (Å²) in [5.74, 6) is -0.957. The summed E-state index contributed by atoms with van der Waals surface area (Å²) in [6.07, 6.45) is 1.02. The number of ether oxygens (including phenoxy) is 1. The summed E-state index contributed by atoms with van der Waals surface area (Å²) < 4.78 is 4.87. The smallest absolute Gasteiger partial charge is 0.408 e. The number of benzene rings is 1. The molecule has 0 aliphatic rings. The highest BCUT2D eigenvalue weighted by molar-refractivity contribution is 5.85. The number of hydrogen-bond donors (Lipinski definition) is 3. The number of nitrogens with one attached hydrogen (secondary N) is 2. The van der Waals surface area contributed by atoms with E-state index in [0.717, 1.165) is 5.56 Å².